The van der Waals surface area contributed by atoms with Crippen LogP contribution in [0.3, 0.4) is 0 Å². The molecule has 104 valence electrons. The summed E-state index contributed by atoms with van der Waals surface area (Å²) >= 11 is 0. The normalized spacial score (nSPS) is 11.2. The third kappa shape index (κ3) is 2.34. The van der Waals surface area contributed by atoms with E-state index < -0.39 is 0 Å². The lowest BCUT2D eigenvalue weighted by Gasteiger charge is -1.97. The summed E-state index contributed by atoms with van der Waals surface area (Å²) in [5.41, 5.74) is 4.01. The predicted octanol–water partition coefficient (Wildman–Crippen LogP) is 1.59. The van der Waals surface area contributed by atoms with Crippen molar-refractivity contribution in [3.8, 4) is 0 Å². The van der Waals surface area contributed by atoms with Gasteiger partial charge in [-0.1, -0.05) is 10.3 Å². The number of hydrogen-bond donors (Lipinski definition) is 0. The van der Waals surface area contributed by atoms with Crippen molar-refractivity contribution in [3.05, 3.63) is 46.7 Å². The molecule has 0 saturated carbocycles. The molecule has 0 N–H and O–H groups in total. The zero-order valence-corrected chi connectivity index (χ0v) is 11.6. The minimum Gasteiger partial charge on any atom is -0.364 e. The summed E-state index contributed by atoms with van der Waals surface area (Å²) in [5.74, 6) is 1.19. The van der Waals surface area contributed by atoms with E-state index in [1.807, 2.05) is 25.6 Å². The molecule has 0 unspecified atom stereocenters. The Morgan fingerprint density at radius 2 is 2.05 bits per heavy atom. The van der Waals surface area contributed by atoms with Crippen LogP contribution in [-0.2, 0) is 19.9 Å². The Kier molecular flexibility index (Phi) is 3.09. The van der Waals surface area contributed by atoms with Crippen LogP contribution in [0.1, 0.15) is 34.4 Å². The van der Waals surface area contributed by atoms with Gasteiger partial charge in [0.2, 0.25) is 5.89 Å². The fraction of sp³-hybridized carbons (Fsp3) is 0.385. The van der Waals surface area contributed by atoms with Crippen molar-refractivity contribution >= 4 is 0 Å². The summed E-state index contributed by atoms with van der Waals surface area (Å²) in [4.78, 5) is 4.38. The molecule has 7 nitrogen and oxygen atoms in total. The highest BCUT2D eigenvalue weighted by Gasteiger charge is 2.15. The summed E-state index contributed by atoms with van der Waals surface area (Å²) in [5, 5.41) is 12.2. The molecule has 0 amide bonds. The van der Waals surface area contributed by atoms with Crippen molar-refractivity contribution in [2.45, 2.75) is 26.7 Å². The number of nitrogens with zero attached hydrogens (tertiary/aromatic N) is 5. The molecular formula is C13H15N5O2. The molecule has 0 saturated heterocycles. The van der Waals surface area contributed by atoms with Crippen LogP contribution in [0.15, 0.2) is 21.4 Å². The average Bonchev–Trinajstić information content (AvgIpc) is 3.11. The second-order valence-electron chi connectivity index (χ2n) is 4.72. The molecule has 0 aliphatic rings. The Labute approximate surface area is 115 Å². The van der Waals surface area contributed by atoms with E-state index in [4.69, 9.17) is 9.05 Å². The van der Waals surface area contributed by atoms with Gasteiger partial charge in [0.05, 0.1) is 24.2 Å². The van der Waals surface area contributed by atoms with Gasteiger partial charge >= 0.3 is 0 Å². The van der Waals surface area contributed by atoms with E-state index in [0.29, 0.717) is 24.6 Å². The predicted molar refractivity (Wildman–Crippen MR) is 69.1 cm³/mol. The van der Waals surface area contributed by atoms with E-state index in [1.54, 1.807) is 6.07 Å². The van der Waals surface area contributed by atoms with Gasteiger partial charge in [-0.25, -0.2) is 0 Å². The van der Waals surface area contributed by atoms with E-state index >= 15 is 0 Å². The summed E-state index contributed by atoms with van der Waals surface area (Å²) in [6.45, 7) is 4.01. The molecule has 20 heavy (non-hydrogen) atoms. The maximum Gasteiger partial charge on any atom is 0.231 e. The van der Waals surface area contributed by atoms with Crippen LogP contribution in [0, 0.1) is 13.8 Å². The first-order valence-electron chi connectivity index (χ1n) is 6.33. The molecule has 3 heterocycles. The van der Waals surface area contributed by atoms with Crippen molar-refractivity contribution in [2.24, 2.45) is 7.05 Å². The fourth-order valence-corrected chi connectivity index (χ4v) is 2.15. The molecule has 0 aliphatic heterocycles. The van der Waals surface area contributed by atoms with Gasteiger partial charge < -0.3 is 9.05 Å². The summed E-state index contributed by atoms with van der Waals surface area (Å²) in [6, 6.07) is 1.78. The van der Waals surface area contributed by atoms with Crippen molar-refractivity contribution in [1.82, 2.24) is 25.1 Å². The van der Waals surface area contributed by atoms with Gasteiger partial charge in [0.1, 0.15) is 6.26 Å². The molecule has 0 aromatic carbocycles. The van der Waals surface area contributed by atoms with Crippen LogP contribution >= 0.6 is 0 Å². The van der Waals surface area contributed by atoms with E-state index in [1.165, 1.54) is 6.26 Å². The van der Waals surface area contributed by atoms with Gasteiger partial charge in [-0.05, 0) is 13.8 Å². The third-order valence-corrected chi connectivity index (χ3v) is 3.33. The maximum absolute atomic E-state index is 5.28. The number of rotatable bonds is 4. The van der Waals surface area contributed by atoms with Crippen LogP contribution in [0.5, 0.6) is 0 Å². The lowest BCUT2D eigenvalue weighted by molar-refractivity contribution is 0.378. The minimum atomic E-state index is 0.505. The third-order valence-electron chi connectivity index (χ3n) is 3.33. The van der Waals surface area contributed by atoms with Crippen LogP contribution in [0.2, 0.25) is 0 Å². The summed E-state index contributed by atoms with van der Waals surface area (Å²) in [7, 11) is 1.93. The first-order valence-corrected chi connectivity index (χ1v) is 6.33. The average molecular weight is 273 g/mol. The van der Waals surface area contributed by atoms with Gasteiger partial charge in [-0.15, -0.1) is 0 Å². The van der Waals surface area contributed by atoms with Crippen molar-refractivity contribution in [3.63, 3.8) is 0 Å². The van der Waals surface area contributed by atoms with E-state index in [-0.39, 0.29) is 0 Å². The Hall–Kier alpha value is -2.44. The second-order valence-corrected chi connectivity index (χ2v) is 4.72. The lowest BCUT2D eigenvalue weighted by atomic mass is 10.1. The first kappa shape index (κ1) is 12.6. The van der Waals surface area contributed by atoms with Gasteiger partial charge in [-0.3, -0.25) is 4.68 Å². The SMILES string of the molecule is Cc1nn(C)c(C)c1Cc1nc(Cc2ccon2)no1. The zero-order chi connectivity index (χ0) is 14.1. The number of hydrogen-bond acceptors (Lipinski definition) is 6. The van der Waals surface area contributed by atoms with Gasteiger partial charge in [0.15, 0.2) is 5.82 Å². The highest BCUT2D eigenvalue weighted by molar-refractivity contribution is 5.27. The Bertz CT molecular complexity index is 711. The fourth-order valence-electron chi connectivity index (χ4n) is 2.15. The Morgan fingerprint density at radius 3 is 2.70 bits per heavy atom. The second kappa shape index (κ2) is 4.92. The van der Waals surface area contributed by atoms with Crippen molar-refractivity contribution in [2.75, 3.05) is 0 Å². The molecule has 0 bridgehead atoms. The first-order chi connectivity index (χ1) is 9.63. The molecule has 3 aromatic rings. The van der Waals surface area contributed by atoms with Crippen LogP contribution in [0.25, 0.3) is 0 Å². The smallest absolute Gasteiger partial charge is 0.231 e. The highest BCUT2D eigenvalue weighted by atomic mass is 16.5. The monoisotopic (exact) mass is 273 g/mol. The molecule has 0 spiro atoms. The van der Waals surface area contributed by atoms with Crippen LogP contribution in [-0.4, -0.2) is 25.1 Å². The molecule has 0 fully saturated rings. The molecule has 0 atom stereocenters. The molecule has 0 aliphatic carbocycles. The number of aromatic nitrogens is 5. The Balaban J connectivity index is 1.77. The minimum absolute atomic E-state index is 0.505. The van der Waals surface area contributed by atoms with Gasteiger partial charge in [0, 0.05) is 24.4 Å². The summed E-state index contributed by atoms with van der Waals surface area (Å²) in [6.07, 6.45) is 2.63. The topological polar surface area (TPSA) is 82.8 Å². The maximum atomic E-state index is 5.28. The van der Waals surface area contributed by atoms with Gasteiger partial charge in [-0.2, -0.15) is 10.1 Å². The van der Waals surface area contributed by atoms with Gasteiger partial charge in [0.25, 0.3) is 0 Å². The lowest BCUT2D eigenvalue weighted by Crippen LogP contribution is -1.96. The van der Waals surface area contributed by atoms with Crippen molar-refractivity contribution < 1.29 is 9.05 Å². The largest absolute Gasteiger partial charge is 0.364 e. The molecule has 7 heteroatoms. The molecule has 0 radical (unpaired) electrons. The summed E-state index contributed by atoms with van der Waals surface area (Å²) < 4.78 is 11.9. The van der Waals surface area contributed by atoms with E-state index in [0.717, 1.165) is 22.6 Å². The standard InChI is InChI=1S/C13H15N5O2/c1-8-11(9(2)18(3)15-8)7-13-14-12(17-20-13)6-10-4-5-19-16-10/h4-5H,6-7H2,1-3H3. The Morgan fingerprint density at radius 1 is 1.20 bits per heavy atom. The molecule has 3 aromatic heterocycles. The van der Waals surface area contributed by atoms with Crippen LogP contribution in [0.4, 0.5) is 0 Å². The molecular weight excluding hydrogens is 258 g/mol. The number of aryl methyl sites for hydroxylation is 2. The van der Waals surface area contributed by atoms with E-state index in [2.05, 4.69) is 20.4 Å². The zero-order valence-electron chi connectivity index (χ0n) is 11.6. The quantitative estimate of drug-likeness (QED) is 0.717. The van der Waals surface area contributed by atoms with Crippen LogP contribution < -0.4 is 0 Å². The van der Waals surface area contributed by atoms with E-state index in [9.17, 15) is 0 Å². The highest BCUT2D eigenvalue weighted by Crippen LogP contribution is 2.16. The van der Waals surface area contributed by atoms with Crippen molar-refractivity contribution in [1.29, 1.82) is 0 Å². The molecule has 3 rings (SSSR count).